The summed E-state index contributed by atoms with van der Waals surface area (Å²) >= 11 is 0. The normalized spacial score (nSPS) is 26.1. The highest BCUT2D eigenvalue weighted by Gasteiger charge is 2.49. The van der Waals surface area contributed by atoms with Gasteiger partial charge in [0.25, 0.3) is 5.91 Å². The molecule has 2 unspecified atom stereocenters. The molecule has 4 aliphatic rings. The van der Waals surface area contributed by atoms with Gasteiger partial charge in [0.1, 0.15) is 11.9 Å². The number of rotatable bonds is 5. The van der Waals surface area contributed by atoms with Crippen LogP contribution in [0.1, 0.15) is 42.5 Å². The summed E-state index contributed by atoms with van der Waals surface area (Å²) in [6, 6.07) is 4.98. The van der Waals surface area contributed by atoms with E-state index in [-0.39, 0.29) is 35.7 Å². The molecule has 1 aromatic rings. The molecule has 7 nitrogen and oxygen atoms in total. The molecule has 1 aromatic carbocycles. The first-order valence-electron chi connectivity index (χ1n) is 11.4. The van der Waals surface area contributed by atoms with E-state index in [2.05, 4.69) is 5.32 Å². The molecule has 2 aliphatic heterocycles. The molecule has 2 aliphatic carbocycles. The SMILES string of the molecule is O=C(C1CC(N(C(=O)C2CC2)C2CC2)CN1C(=O)c1ccc(F)cc1)N1CCNCC1. The minimum absolute atomic E-state index is 0.0471. The van der Waals surface area contributed by atoms with Gasteiger partial charge in [0.05, 0.1) is 6.04 Å². The molecule has 2 saturated heterocycles. The highest BCUT2D eigenvalue weighted by atomic mass is 19.1. The zero-order valence-electron chi connectivity index (χ0n) is 17.6. The van der Waals surface area contributed by atoms with Crippen LogP contribution in [-0.4, -0.2) is 83.3 Å². The van der Waals surface area contributed by atoms with E-state index in [1.54, 1.807) is 4.90 Å². The van der Waals surface area contributed by atoms with Gasteiger partial charge < -0.3 is 20.0 Å². The maximum Gasteiger partial charge on any atom is 0.254 e. The highest BCUT2D eigenvalue weighted by Crippen LogP contribution is 2.40. The second-order valence-corrected chi connectivity index (χ2v) is 9.20. The van der Waals surface area contributed by atoms with Crippen molar-refractivity contribution in [2.24, 2.45) is 5.92 Å². The summed E-state index contributed by atoms with van der Waals surface area (Å²) in [5.41, 5.74) is 0.367. The maximum atomic E-state index is 13.4. The van der Waals surface area contributed by atoms with Crippen LogP contribution >= 0.6 is 0 Å². The number of nitrogens with one attached hydrogen (secondary N) is 1. The Morgan fingerprint density at radius 2 is 1.65 bits per heavy atom. The third-order valence-corrected chi connectivity index (χ3v) is 6.86. The maximum absolute atomic E-state index is 13.4. The molecule has 1 N–H and O–H groups in total. The van der Waals surface area contributed by atoms with Gasteiger partial charge >= 0.3 is 0 Å². The van der Waals surface area contributed by atoms with Crippen molar-refractivity contribution in [3.05, 3.63) is 35.6 Å². The van der Waals surface area contributed by atoms with Gasteiger partial charge in [0, 0.05) is 50.2 Å². The summed E-state index contributed by atoms with van der Waals surface area (Å²) in [5.74, 6) is -0.416. The van der Waals surface area contributed by atoms with Gasteiger partial charge in [-0.15, -0.1) is 0 Å². The van der Waals surface area contributed by atoms with E-state index in [9.17, 15) is 18.8 Å². The first-order valence-corrected chi connectivity index (χ1v) is 11.4. The van der Waals surface area contributed by atoms with Crippen LogP contribution < -0.4 is 5.32 Å². The lowest BCUT2D eigenvalue weighted by Crippen LogP contribution is -2.53. The van der Waals surface area contributed by atoms with Crippen LogP contribution in [0.25, 0.3) is 0 Å². The Morgan fingerprint density at radius 1 is 0.968 bits per heavy atom. The fraction of sp³-hybridized carbons (Fsp3) is 0.609. The molecular formula is C23H29FN4O3. The number of amides is 3. The molecule has 31 heavy (non-hydrogen) atoms. The van der Waals surface area contributed by atoms with Gasteiger partial charge in [-0.3, -0.25) is 14.4 Å². The number of nitrogens with zero attached hydrogens (tertiary/aromatic N) is 3. The van der Waals surface area contributed by atoms with Gasteiger partial charge in [0.2, 0.25) is 11.8 Å². The number of benzene rings is 1. The van der Waals surface area contributed by atoms with E-state index in [1.165, 1.54) is 24.3 Å². The molecule has 0 spiro atoms. The molecule has 2 heterocycles. The lowest BCUT2D eigenvalue weighted by molar-refractivity contribution is -0.137. The molecule has 0 bridgehead atoms. The summed E-state index contributed by atoms with van der Waals surface area (Å²) < 4.78 is 13.4. The predicted octanol–water partition coefficient (Wildman–Crippen LogP) is 1.24. The molecule has 4 fully saturated rings. The number of halogens is 1. The first-order chi connectivity index (χ1) is 15.0. The minimum atomic E-state index is -0.589. The number of hydrogen-bond donors (Lipinski definition) is 1. The molecule has 0 aromatic heterocycles. The summed E-state index contributed by atoms with van der Waals surface area (Å²) in [6.07, 6.45) is 4.35. The van der Waals surface area contributed by atoms with Crippen LogP contribution in [-0.2, 0) is 9.59 Å². The van der Waals surface area contributed by atoms with Crippen LogP contribution in [0.5, 0.6) is 0 Å². The number of hydrogen-bond acceptors (Lipinski definition) is 4. The fourth-order valence-electron chi connectivity index (χ4n) is 4.88. The highest BCUT2D eigenvalue weighted by molar-refractivity contribution is 5.98. The zero-order chi connectivity index (χ0) is 21.5. The van der Waals surface area contributed by atoms with Crippen LogP contribution in [0.15, 0.2) is 24.3 Å². The Labute approximate surface area is 181 Å². The van der Waals surface area contributed by atoms with Crippen LogP contribution in [0, 0.1) is 11.7 Å². The van der Waals surface area contributed by atoms with Gasteiger partial charge in [0.15, 0.2) is 0 Å². The lowest BCUT2D eigenvalue weighted by atomic mass is 10.1. The van der Waals surface area contributed by atoms with Crippen LogP contribution in [0.4, 0.5) is 4.39 Å². The monoisotopic (exact) mass is 428 g/mol. The van der Waals surface area contributed by atoms with Crippen molar-refractivity contribution in [3.8, 4) is 0 Å². The first kappa shape index (κ1) is 20.4. The number of likely N-dealkylation sites (tertiary alicyclic amines) is 1. The van der Waals surface area contributed by atoms with Crippen molar-refractivity contribution in [2.45, 2.75) is 50.2 Å². The minimum Gasteiger partial charge on any atom is -0.338 e. The Kier molecular flexibility index (Phi) is 5.42. The largest absolute Gasteiger partial charge is 0.338 e. The van der Waals surface area contributed by atoms with Crippen molar-refractivity contribution in [2.75, 3.05) is 32.7 Å². The van der Waals surface area contributed by atoms with E-state index < -0.39 is 11.9 Å². The summed E-state index contributed by atoms with van der Waals surface area (Å²) in [7, 11) is 0. The van der Waals surface area contributed by atoms with E-state index in [0.29, 0.717) is 31.6 Å². The standard InChI is InChI=1S/C23H29FN4O3/c24-17-5-3-15(4-6-17)21(29)27-14-19(28(18-7-8-18)22(30)16-1-2-16)13-20(27)23(31)26-11-9-25-10-12-26/h3-6,16,18-20,25H,1-2,7-14H2. The van der Waals surface area contributed by atoms with Crippen molar-refractivity contribution in [3.63, 3.8) is 0 Å². The summed E-state index contributed by atoms with van der Waals surface area (Å²) in [5, 5.41) is 3.25. The Bertz CT molecular complexity index is 862. The lowest BCUT2D eigenvalue weighted by Gasteiger charge is -2.32. The van der Waals surface area contributed by atoms with Crippen LogP contribution in [0.2, 0.25) is 0 Å². The second-order valence-electron chi connectivity index (χ2n) is 9.20. The second kappa shape index (κ2) is 8.22. The number of carbonyl (C=O) groups is 3. The topological polar surface area (TPSA) is 73.0 Å². The van der Waals surface area contributed by atoms with E-state index >= 15 is 0 Å². The van der Waals surface area contributed by atoms with Gasteiger partial charge in [-0.2, -0.15) is 0 Å². The van der Waals surface area contributed by atoms with Crippen molar-refractivity contribution < 1.29 is 18.8 Å². The summed E-state index contributed by atoms with van der Waals surface area (Å²) in [6.45, 7) is 3.07. The Morgan fingerprint density at radius 3 is 2.26 bits per heavy atom. The predicted molar refractivity (Wildman–Crippen MR) is 112 cm³/mol. The molecule has 3 amide bonds. The van der Waals surface area contributed by atoms with Crippen molar-refractivity contribution in [1.29, 1.82) is 0 Å². The average Bonchev–Trinajstić information content (AvgIpc) is 3.72. The van der Waals surface area contributed by atoms with Crippen molar-refractivity contribution >= 4 is 17.7 Å². The number of piperazine rings is 1. The average molecular weight is 429 g/mol. The third-order valence-electron chi connectivity index (χ3n) is 6.86. The Balaban J connectivity index is 1.40. The van der Waals surface area contributed by atoms with Crippen LogP contribution in [0.3, 0.4) is 0 Å². The quantitative estimate of drug-likeness (QED) is 0.766. The Hall–Kier alpha value is -2.48. The molecule has 2 saturated carbocycles. The molecule has 2 atom stereocenters. The van der Waals surface area contributed by atoms with E-state index in [1.807, 2.05) is 9.80 Å². The molecule has 5 rings (SSSR count). The fourth-order valence-corrected chi connectivity index (χ4v) is 4.88. The van der Waals surface area contributed by atoms with E-state index in [0.717, 1.165) is 38.8 Å². The molecule has 0 radical (unpaired) electrons. The molecule has 166 valence electrons. The summed E-state index contributed by atoms with van der Waals surface area (Å²) in [4.78, 5) is 45.2. The van der Waals surface area contributed by atoms with Crippen molar-refractivity contribution in [1.82, 2.24) is 20.0 Å². The van der Waals surface area contributed by atoms with Gasteiger partial charge in [-0.1, -0.05) is 0 Å². The van der Waals surface area contributed by atoms with Gasteiger partial charge in [-0.25, -0.2) is 4.39 Å². The van der Waals surface area contributed by atoms with Gasteiger partial charge in [-0.05, 0) is 56.4 Å². The smallest absolute Gasteiger partial charge is 0.254 e. The third kappa shape index (κ3) is 4.18. The zero-order valence-corrected chi connectivity index (χ0v) is 17.6. The molecule has 8 heteroatoms. The molecular weight excluding hydrogens is 399 g/mol. The number of carbonyl (C=O) groups excluding carboxylic acids is 3. The van der Waals surface area contributed by atoms with E-state index in [4.69, 9.17) is 0 Å².